The fraction of sp³-hybridized carbons (Fsp3) is 0.188. The van der Waals surface area contributed by atoms with Crippen LogP contribution in [0.3, 0.4) is 0 Å². The molecule has 0 aliphatic heterocycles. The zero-order valence-corrected chi connectivity index (χ0v) is 11.1. The van der Waals surface area contributed by atoms with Crippen molar-refractivity contribution in [3.63, 3.8) is 0 Å². The molecule has 94 valence electrons. The minimum atomic E-state index is 0.522. The average molecular weight is 269 g/mol. The van der Waals surface area contributed by atoms with Crippen molar-refractivity contribution in [2.45, 2.75) is 18.3 Å². The smallest absolute Gasteiger partial charge is 0.110 e. The Balaban J connectivity index is 1.66. The van der Waals surface area contributed by atoms with Crippen LogP contribution in [0.2, 0.25) is 5.02 Å². The molecular weight excluding hydrogens is 256 g/mol. The Morgan fingerprint density at radius 3 is 2.74 bits per heavy atom. The van der Waals surface area contributed by atoms with E-state index in [1.165, 1.54) is 12.0 Å². The molecule has 19 heavy (non-hydrogen) atoms. The van der Waals surface area contributed by atoms with Gasteiger partial charge in [0.05, 0.1) is 11.0 Å². The van der Waals surface area contributed by atoms with Crippen LogP contribution in [0.25, 0.3) is 11.0 Å². The van der Waals surface area contributed by atoms with Crippen LogP contribution in [0.1, 0.15) is 29.6 Å². The fourth-order valence-electron chi connectivity index (χ4n) is 2.74. The monoisotopic (exact) mass is 268 g/mol. The highest BCUT2D eigenvalue weighted by Crippen LogP contribution is 2.53. The van der Waals surface area contributed by atoms with Gasteiger partial charge < -0.3 is 4.98 Å². The van der Waals surface area contributed by atoms with Gasteiger partial charge in [-0.25, -0.2) is 4.98 Å². The van der Waals surface area contributed by atoms with E-state index < -0.39 is 0 Å². The molecule has 2 unspecified atom stereocenters. The summed E-state index contributed by atoms with van der Waals surface area (Å²) in [7, 11) is 0. The van der Waals surface area contributed by atoms with Crippen molar-refractivity contribution in [1.82, 2.24) is 9.97 Å². The molecule has 0 spiro atoms. The number of H-pyrrole nitrogens is 1. The summed E-state index contributed by atoms with van der Waals surface area (Å²) in [6, 6.07) is 16.5. The van der Waals surface area contributed by atoms with E-state index in [0.29, 0.717) is 11.8 Å². The lowest BCUT2D eigenvalue weighted by atomic mass is 10.1. The van der Waals surface area contributed by atoms with Crippen LogP contribution < -0.4 is 0 Å². The fourth-order valence-corrected chi connectivity index (χ4v) is 2.92. The number of hydrogen-bond acceptors (Lipinski definition) is 1. The number of aromatic amines is 1. The third-order valence-electron chi connectivity index (χ3n) is 3.83. The number of hydrogen-bond donors (Lipinski definition) is 1. The highest BCUT2D eigenvalue weighted by atomic mass is 35.5. The summed E-state index contributed by atoms with van der Waals surface area (Å²) in [6.07, 6.45) is 1.18. The van der Waals surface area contributed by atoms with Gasteiger partial charge in [-0.05, 0) is 36.1 Å². The first-order valence-electron chi connectivity index (χ1n) is 6.51. The van der Waals surface area contributed by atoms with E-state index in [4.69, 9.17) is 11.6 Å². The largest absolute Gasteiger partial charge is 0.342 e. The molecule has 0 saturated heterocycles. The summed E-state index contributed by atoms with van der Waals surface area (Å²) in [5.41, 5.74) is 3.44. The van der Waals surface area contributed by atoms with Crippen LogP contribution >= 0.6 is 11.6 Å². The lowest BCUT2D eigenvalue weighted by molar-refractivity contribution is 0.938. The molecule has 1 aliphatic carbocycles. The van der Waals surface area contributed by atoms with Crippen molar-refractivity contribution in [2.75, 3.05) is 0 Å². The van der Waals surface area contributed by atoms with Gasteiger partial charge in [-0.1, -0.05) is 41.9 Å². The zero-order chi connectivity index (χ0) is 12.8. The first kappa shape index (κ1) is 11.1. The van der Waals surface area contributed by atoms with E-state index in [0.717, 1.165) is 21.9 Å². The molecule has 1 heterocycles. The van der Waals surface area contributed by atoms with Crippen LogP contribution in [0.15, 0.2) is 48.5 Å². The topological polar surface area (TPSA) is 28.7 Å². The second-order valence-electron chi connectivity index (χ2n) is 5.14. The van der Waals surface area contributed by atoms with E-state index in [-0.39, 0.29) is 0 Å². The Bertz CT molecular complexity index is 733. The summed E-state index contributed by atoms with van der Waals surface area (Å²) in [6.45, 7) is 0. The molecule has 3 aromatic rings. The number of imidazole rings is 1. The van der Waals surface area contributed by atoms with Gasteiger partial charge in [0.1, 0.15) is 5.82 Å². The molecule has 2 atom stereocenters. The van der Waals surface area contributed by atoms with Gasteiger partial charge in [0.15, 0.2) is 0 Å². The number of nitrogens with one attached hydrogen (secondary N) is 1. The number of halogens is 1. The lowest BCUT2D eigenvalue weighted by Gasteiger charge is -1.97. The Morgan fingerprint density at radius 1 is 1.05 bits per heavy atom. The molecule has 1 aliphatic rings. The number of nitrogens with zero attached hydrogens (tertiary/aromatic N) is 1. The minimum absolute atomic E-state index is 0.522. The normalized spacial score (nSPS) is 21.7. The molecule has 1 N–H and O–H groups in total. The maximum Gasteiger partial charge on any atom is 0.110 e. The molecule has 3 heteroatoms. The number of rotatable bonds is 2. The van der Waals surface area contributed by atoms with Gasteiger partial charge in [-0.15, -0.1) is 0 Å². The van der Waals surface area contributed by atoms with Gasteiger partial charge in [0.25, 0.3) is 0 Å². The summed E-state index contributed by atoms with van der Waals surface area (Å²) >= 11 is 6.00. The molecule has 2 aromatic carbocycles. The van der Waals surface area contributed by atoms with Crippen molar-refractivity contribution in [3.05, 3.63) is 64.9 Å². The zero-order valence-electron chi connectivity index (χ0n) is 10.3. The van der Waals surface area contributed by atoms with E-state index in [1.54, 1.807) is 0 Å². The molecule has 2 nitrogen and oxygen atoms in total. The van der Waals surface area contributed by atoms with Crippen molar-refractivity contribution in [1.29, 1.82) is 0 Å². The van der Waals surface area contributed by atoms with Crippen LogP contribution in [0, 0.1) is 0 Å². The lowest BCUT2D eigenvalue weighted by Crippen LogP contribution is -1.86. The van der Waals surface area contributed by atoms with Crippen LogP contribution in [0.5, 0.6) is 0 Å². The predicted octanol–water partition coefficient (Wildman–Crippen LogP) is 4.49. The van der Waals surface area contributed by atoms with Crippen LogP contribution in [-0.2, 0) is 0 Å². The average Bonchev–Trinajstić information content (AvgIpc) is 3.13. The van der Waals surface area contributed by atoms with Crippen molar-refractivity contribution in [2.24, 2.45) is 0 Å². The van der Waals surface area contributed by atoms with Gasteiger partial charge in [0, 0.05) is 10.9 Å². The molecule has 1 aromatic heterocycles. The standard InChI is InChI=1S/C16H13ClN2/c17-11-6-7-14-15(8-11)19-16(18-14)13-9-12(13)10-4-2-1-3-5-10/h1-8,12-13H,9H2,(H,18,19). The summed E-state index contributed by atoms with van der Waals surface area (Å²) in [5, 5.41) is 0.748. The number of aromatic nitrogens is 2. The van der Waals surface area contributed by atoms with Gasteiger partial charge in [0.2, 0.25) is 0 Å². The Kier molecular flexibility index (Phi) is 2.39. The van der Waals surface area contributed by atoms with E-state index >= 15 is 0 Å². The van der Waals surface area contributed by atoms with Gasteiger partial charge in [-0.2, -0.15) is 0 Å². The molecule has 4 rings (SSSR count). The first-order valence-corrected chi connectivity index (χ1v) is 6.89. The van der Waals surface area contributed by atoms with E-state index in [2.05, 4.69) is 40.3 Å². The van der Waals surface area contributed by atoms with Crippen molar-refractivity contribution < 1.29 is 0 Å². The molecular formula is C16H13ClN2. The second-order valence-corrected chi connectivity index (χ2v) is 5.58. The number of fused-ring (bicyclic) bond motifs is 1. The molecule has 0 bridgehead atoms. The maximum absolute atomic E-state index is 6.00. The Labute approximate surface area is 116 Å². The van der Waals surface area contributed by atoms with Crippen LogP contribution in [0.4, 0.5) is 0 Å². The summed E-state index contributed by atoms with van der Waals surface area (Å²) in [5.74, 6) is 2.22. The Morgan fingerprint density at radius 2 is 1.89 bits per heavy atom. The summed E-state index contributed by atoms with van der Waals surface area (Å²) in [4.78, 5) is 8.08. The second kappa shape index (κ2) is 4.10. The first-order chi connectivity index (χ1) is 9.31. The summed E-state index contributed by atoms with van der Waals surface area (Å²) < 4.78 is 0. The quantitative estimate of drug-likeness (QED) is 0.729. The maximum atomic E-state index is 6.00. The third-order valence-corrected chi connectivity index (χ3v) is 4.07. The van der Waals surface area contributed by atoms with Crippen molar-refractivity contribution in [3.8, 4) is 0 Å². The van der Waals surface area contributed by atoms with Gasteiger partial charge in [-0.3, -0.25) is 0 Å². The predicted molar refractivity (Wildman–Crippen MR) is 77.6 cm³/mol. The molecule has 1 saturated carbocycles. The van der Waals surface area contributed by atoms with E-state index in [1.807, 2.05) is 18.2 Å². The van der Waals surface area contributed by atoms with E-state index in [9.17, 15) is 0 Å². The highest BCUT2D eigenvalue weighted by Gasteiger charge is 2.41. The van der Waals surface area contributed by atoms with Gasteiger partial charge >= 0.3 is 0 Å². The van der Waals surface area contributed by atoms with Crippen molar-refractivity contribution >= 4 is 22.6 Å². The SMILES string of the molecule is Clc1ccc2nc(C3CC3c3ccccc3)[nH]c2c1. The molecule has 0 amide bonds. The molecule has 1 fully saturated rings. The minimum Gasteiger partial charge on any atom is -0.342 e. The Hall–Kier alpha value is -1.80. The molecule has 0 radical (unpaired) electrons. The third kappa shape index (κ3) is 1.92. The number of benzene rings is 2. The highest BCUT2D eigenvalue weighted by molar-refractivity contribution is 6.31. The van der Waals surface area contributed by atoms with Crippen LogP contribution in [-0.4, -0.2) is 9.97 Å².